The first-order valence-electron chi connectivity index (χ1n) is 8.42. The van der Waals surface area contributed by atoms with E-state index in [0.717, 1.165) is 12.1 Å². The van der Waals surface area contributed by atoms with Gasteiger partial charge in [-0.15, -0.1) is 0 Å². The zero-order chi connectivity index (χ0) is 20.2. The third-order valence-corrected chi connectivity index (χ3v) is 3.69. The van der Waals surface area contributed by atoms with Crippen LogP contribution < -0.4 is 21.4 Å². The highest BCUT2D eigenvalue weighted by atomic mass is 32.1. The molecule has 0 radical (unpaired) electrons. The van der Waals surface area contributed by atoms with E-state index in [1.165, 1.54) is 12.1 Å². The Kier molecular flexibility index (Phi) is 9.98. The SMILES string of the molecule is CCNC(=S)NCC/C(C)=C\C(=N\NC(=S)NCC)c1ccc([N+](=O)[O-])o1. The molecule has 11 heteroatoms. The van der Waals surface area contributed by atoms with Gasteiger partial charge in [-0.05, 0) is 63.8 Å². The molecular formula is C16H24N6O3S2. The number of nitrogens with one attached hydrogen (secondary N) is 4. The van der Waals surface area contributed by atoms with E-state index in [2.05, 4.69) is 26.5 Å². The fourth-order valence-electron chi connectivity index (χ4n) is 1.93. The van der Waals surface area contributed by atoms with Crippen molar-refractivity contribution in [1.29, 1.82) is 0 Å². The molecular weight excluding hydrogens is 388 g/mol. The van der Waals surface area contributed by atoms with E-state index >= 15 is 0 Å². The first-order valence-corrected chi connectivity index (χ1v) is 9.24. The molecule has 0 fully saturated rings. The molecule has 148 valence electrons. The number of hydrogen-bond donors (Lipinski definition) is 4. The zero-order valence-corrected chi connectivity index (χ0v) is 17.1. The summed E-state index contributed by atoms with van der Waals surface area (Å²) in [5, 5.41) is 25.0. The number of allylic oxidation sites excluding steroid dienone is 1. The number of nitro groups is 1. The monoisotopic (exact) mass is 412 g/mol. The topological polar surface area (TPSA) is 117 Å². The van der Waals surface area contributed by atoms with Gasteiger partial charge < -0.3 is 20.4 Å². The van der Waals surface area contributed by atoms with Gasteiger partial charge in [-0.1, -0.05) is 5.57 Å². The molecule has 0 saturated carbocycles. The highest BCUT2D eigenvalue weighted by molar-refractivity contribution is 7.80. The normalized spacial score (nSPS) is 11.7. The maximum absolute atomic E-state index is 10.9. The van der Waals surface area contributed by atoms with Crippen molar-refractivity contribution in [3.63, 3.8) is 0 Å². The molecule has 1 aromatic rings. The van der Waals surface area contributed by atoms with Crippen LogP contribution in [-0.2, 0) is 0 Å². The molecule has 9 nitrogen and oxygen atoms in total. The second kappa shape index (κ2) is 12.0. The quantitative estimate of drug-likeness (QED) is 0.210. The predicted octanol–water partition coefficient (Wildman–Crippen LogP) is 2.20. The summed E-state index contributed by atoms with van der Waals surface area (Å²) in [5.74, 6) is -0.0837. The van der Waals surface area contributed by atoms with E-state index < -0.39 is 4.92 Å². The average Bonchev–Trinajstić information content (AvgIpc) is 3.09. The van der Waals surface area contributed by atoms with E-state index in [1.54, 1.807) is 6.08 Å². The Morgan fingerprint density at radius 1 is 1.22 bits per heavy atom. The van der Waals surface area contributed by atoms with Crippen LogP contribution in [0.15, 0.2) is 33.3 Å². The molecule has 0 spiro atoms. The summed E-state index contributed by atoms with van der Waals surface area (Å²) < 4.78 is 5.25. The molecule has 0 saturated heterocycles. The van der Waals surface area contributed by atoms with Crippen LogP contribution in [-0.4, -0.2) is 40.5 Å². The maximum atomic E-state index is 10.9. The Bertz CT molecular complexity index is 729. The maximum Gasteiger partial charge on any atom is 0.433 e. The van der Waals surface area contributed by atoms with Crippen LogP contribution in [0.25, 0.3) is 0 Å². The van der Waals surface area contributed by atoms with Gasteiger partial charge in [0.05, 0.1) is 6.07 Å². The van der Waals surface area contributed by atoms with Crippen molar-refractivity contribution in [3.8, 4) is 0 Å². The Labute approximate surface area is 168 Å². The van der Waals surface area contributed by atoms with E-state index in [9.17, 15) is 10.1 Å². The molecule has 0 aliphatic carbocycles. The molecule has 0 aromatic carbocycles. The van der Waals surface area contributed by atoms with Crippen molar-refractivity contribution in [3.05, 3.63) is 39.7 Å². The van der Waals surface area contributed by atoms with Crippen LogP contribution in [0.2, 0.25) is 0 Å². The molecule has 0 bridgehead atoms. The Morgan fingerprint density at radius 3 is 2.48 bits per heavy atom. The van der Waals surface area contributed by atoms with Gasteiger partial charge in [0.2, 0.25) is 0 Å². The fourth-order valence-corrected chi connectivity index (χ4v) is 2.37. The molecule has 1 rings (SSSR count). The van der Waals surface area contributed by atoms with Crippen molar-refractivity contribution in [1.82, 2.24) is 21.4 Å². The number of thiocarbonyl (C=S) groups is 2. The van der Waals surface area contributed by atoms with Gasteiger partial charge in [-0.3, -0.25) is 15.5 Å². The predicted molar refractivity (Wildman–Crippen MR) is 114 cm³/mol. The van der Waals surface area contributed by atoms with Gasteiger partial charge in [-0.25, -0.2) is 0 Å². The second-order valence-electron chi connectivity index (χ2n) is 5.39. The summed E-state index contributed by atoms with van der Waals surface area (Å²) in [6.07, 6.45) is 2.48. The lowest BCUT2D eigenvalue weighted by molar-refractivity contribution is -0.402. The van der Waals surface area contributed by atoms with Crippen LogP contribution in [0.4, 0.5) is 5.88 Å². The highest BCUT2D eigenvalue weighted by Crippen LogP contribution is 2.17. The molecule has 4 N–H and O–H groups in total. The lowest BCUT2D eigenvalue weighted by Crippen LogP contribution is -2.35. The van der Waals surface area contributed by atoms with Crippen LogP contribution in [0, 0.1) is 10.1 Å². The lowest BCUT2D eigenvalue weighted by atomic mass is 10.1. The second-order valence-corrected chi connectivity index (χ2v) is 6.21. The molecule has 0 aliphatic heterocycles. The van der Waals surface area contributed by atoms with Crippen molar-refractivity contribution in [2.45, 2.75) is 27.2 Å². The van der Waals surface area contributed by atoms with Crippen molar-refractivity contribution in [2.75, 3.05) is 19.6 Å². The fraction of sp³-hybridized carbons (Fsp3) is 0.438. The Hall–Kier alpha value is -2.53. The molecule has 1 aromatic heterocycles. The van der Waals surface area contributed by atoms with Crippen molar-refractivity contribution in [2.24, 2.45) is 5.10 Å². The first kappa shape index (κ1) is 22.5. The molecule has 0 atom stereocenters. The van der Waals surface area contributed by atoms with Gasteiger partial charge >= 0.3 is 5.88 Å². The summed E-state index contributed by atoms with van der Waals surface area (Å²) in [7, 11) is 0. The number of hydrogen-bond acceptors (Lipinski definition) is 6. The Morgan fingerprint density at radius 2 is 1.89 bits per heavy atom. The van der Waals surface area contributed by atoms with Gasteiger partial charge in [0.1, 0.15) is 10.6 Å². The van der Waals surface area contributed by atoms with Gasteiger partial charge in [0, 0.05) is 19.6 Å². The third-order valence-electron chi connectivity index (χ3n) is 3.16. The standard InChI is InChI=1S/C16H24N6O3S2/c1-4-17-15(26)19-9-8-11(3)10-12(20-21-16(27)18-5-2)13-6-7-14(25-13)22(23)24/h6-7,10H,4-5,8-9H2,1-3H3,(H2,17,19,26)(H2,18,21,27)/b11-10-,20-12-. The van der Waals surface area contributed by atoms with Crippen LogP contribution in [0.3, 0.4) is 0 Å². The summed E-state index contributed by atoms with van der Waals surface area (Å²) >= 11 is 10.2. The molecule has 0 amide bonds. The van der Waals surface area contributed by atoms with Crippen molar-refractivity contribution >= 4 is 46.3 Å². The van der Waals surface area contributed by atoms with Crippen LogP contribution in [0.1, 0.15) is 33.0 Å². The van der Waals surface area contributed by atoms with Gasteiger partial charge in [0.15, 0.2) is 16.0 Å². The zero-order valence-electron chi connectivity index (χ0n) is 15.5. The van der Waals surface area contributed by atoms with Crippen molar-refractivity contribution < 1.29 is 9.34 Å². The van der Waals surface area contributed by atoms with E-state index in [1.807, 2.05) is 20.8 Å². The number of nitrogens with zero attached hydrogens (tertiary/aromatic N) is 2. The molecule has 0 aliphatic rings. The van der Waals surface area contributed by atoms with Crippen LogP contribution in [0.5, 0.6) is 0 Å². The van der Waals surface area contributed by atoms with Gasteiger partial charge in [-0.2, -0.15) is 5.10 Å². The van der Waals surface area contributed by atoms with Crippen LogP contribution >= 0.6 is 24.4 Å². The highest BCUT2D eigenvalue weighted by Gasteiger charge is 2.15. The van der Waals surface area contributed by atoms with E-state index in [0.29, 0.717) is 35.4 Å². The third kappa shape index (κ3) is 8.60. The van der Waals surface area contributed by atoms with E-state index in [4.69, 9.17) is 28.9 Å². The summed E-state index contributed by atoms with van der Waals surface area (Å²) in [4.78, 5) is 10.3. The van der Waals surface area contributed by atoms with E-state index in [-0.39, 0.29) is 11.6 Å². The van der Waals surface area contributed by atoms with Gasteiger partial charge in [0.25, 0.3) is 0 Å². The summed E-state index contributed by atoms with van der Waals surface area (Å²) in [6, 6.07) is 2.78. The summed E-state index contributed by atoms with van der Waals surface area (Å²) in [5.41, 5.74) is 4.08. The minimum absolute atomic E-state index is 0.268. The Balaban J connectivity index is 2.88. The first-order chi connectivity index (χ1) is 12.9. The molecule has 27 heavy (non-hydrogen) atoms. The molecule has 0 unspecified atom stereocenters. The number of hydrazone groups is 1. The largest absolute Gasteiger partial charge is 0.433 e. The average molecular weight is 413 g/mol. The minimum Gasteiger partial charge on any atom is -0.399 e. The lowest BCUT2D eigenvalue weighted by Gasteiger charge is -2.09. The smallest absolute Gasteiger partial charge is 0.399 e. The number of rotatable bonds is 9. The minimum atomic E-state index is -0.597. The molecule has 1 heterocycles. The number of furan rings is 1. The summed E-state index contributed by atoms with van der Waals surface area (Å²) in [6.45, 7) is 7.84.